The third-order valence-electron chi connectivity index (χ3n) is 9.31. The Bertz CT molecular complexity index is 1790. The molecule has 0 aliphatic heterocycles. The van der Waals surface area contributed by atoms with Gasteiger partial charge in [0.15, 0.2) is 0 Å². The van der Waals surface area contributed by atoms with Gasteiger partial charge >= 0.3 is 0 Å². The molecular weight excluding hydrogens is 508 g/mol. The quantitative estimate of drug-likeness (QED) is 0.150. The fraction of sp³-hybridized carbons (Fsp3) is 0.150. The van der Waals surface area contributed by atoms with Gasteiger partial charge in [-0.3, -0.25) is 5.01 Å². The number of nitrogens with zero attached hydrogens (tertiary/aromatic N) is 1. The van der Waals surface area contributed by atoms with Crippen molar-refractivity contribution in [2.45, 2.75) is 31.1 Å². The first-order valence-electron chi connectivity index (χ1n) is 14.9. The lowest BCUT2D eigenvalue weighted by atomic mass is 9.65. The Morgan fingerprint density at radius 2 is 1.69 bits per heavy atom. The minimum Gasteiger partial charge on any atom is -0.279 e. The van der Waals surface area contributed by atoms with Crippen LogP contribution in [0.25, 0.3) is 11.1 Å². The highest BCUT2D eigenvalue weighted by Gasteiger charge is 2.57. The molecule has 42 heavy (non-hydrogen) atoms. The van der Waals surface area contributed by atoms with Crippen LogP contribution in [0.2, 0.25) is 0 Å². The van der Waals surface area contributed by atoms with Crippen molar-refractivity contribution >= 4 is 22.5 Å². The predicted molar refractivity (Wildman–Crippen MR) is 178 cm³/mol. The first-order chi connectivity index (χ1) is 20.7. The average molecular weight is 545 g/mol. The van der Waals surface area contributed by atoms with Crippen LogP contribution in [0.3, 0.4) is 0 Å². The molecule has 0 fully saturated rings. The number of hydrogen-bond donors (Lipinski definition) is 1. The molecule has 206 valence electrons. The molecule has 0 heterocycles. The molecule has 2 N–H and O–H groups in total. The zero-order valence-corrected chi connectivity index (χ0v) is 24.1. The van der Waals surface area contributed by atoms with Gasteiger partial charge in [-0.05, 0) is 76.9 Å². The fourth-order valence-electron chi connectivity index (χ4n) is 7.58. The number of anilines is 2. The van der Waals surface area contributed by atoms with Crippen LogP contribution in [0.5, 0.6) is 0 Å². The Hall–Kier alpha value is -4.66. The van der Waals surface area contributed by atoms with Crippen molar-refractivity contribution in [1.29, 1.82) is 0 Å². The van der Waals surface area contributed by atoms with Gasteiger partial charge < -0.3 is 0 Å². The summed E-state index contributed by atoms with van der Waals surface area (Å²) in [6.45, 7) is 6.10. The summed E-state index contributed by atoms with van der Waals surface area (Å²) in [5, 5.41) is 1.84. The van der Waals surface area contributed by atoms with Gasteiger partial charge in [0.2, 0.25) is 0 Å². The van der Waals surface area contributed by atoms with Crippen molar-refractivity contribution in [3.05, 3.63) is 180 Å². The first kappa shape index (κ1) is 26.3. The molecule has 0 aromatic heterocycles. The maximum absolute atomic E-state index is 7.03. The van der Waals surface area contributed by atoms with Gasteiger partial charge in [0, 0.05) is 17.4 Å². The van der Waals surface area contributed by atoms with E-state index < -0.39 is 0 Å². The van der Waals surface area contributed by atoms with Gasteiger partial charge in [0.25, 0.3) is 0 Å². The molecule has 3 unspecified atom stereocenters. The molecule has 4 aliphatic rings. The number of benzene rings is 3. The molecule has 1 spiro atoms. The van der Waals surface area contributed by atoms with E-state index in [-0.39, 0.29) is 11.3 Å². The first-order valence-corrected chi connectivity index (χ1v) is 14.9. The second-order valence-corrected chi connectivity index (χ2v) is 11.4. The molecular formula is C40H36N2. The molecule has 0 saturated heterocycles. The largest absolute Gasteiger partial charge is 0.279 e. The number of hydrazine groups is 1. The third-order valence-corrected chi connectivity index (χ3v) is 9.31. The number of para-hydroxylation sites is 1. The summed E-state index contributed by atoms with van der Waals surface area (Å²) in [4.78, 5) is 0. The van der Waals surface area contributed by atoms with E-state index in [0.717, 1.165) is 35.4 Å². The molecule has 3 aromatic carbocycles. The van der Waals surface area contributed by atoms with Gasteiger partial charge in [0.1, 0.15) is 0 Å². The van der Waals surface area contributed by atoms with E-state index in [0.29, 0.717) is 5.92 Å². The topological polar surface area (TPSA) is 29.3 Å². The van der Waals surface area contributed by atoms with E-state index in [1.165, 1.54) is 33.4 Å². The van der Waals surface area contributed by atoms with E-state index in [1.807, 2.05) is 36.2 Å². The van der Waals surface area contributed by atoms with Crippen LogP contribution < -0.4 is 10.9 Å². The summed E-state index contributed by atoms with van der Waals surface area (Å²) in [6.07, 6.45) is 28.9. The summed E-state index contributed by atoms with van der Waals surface area (Å²) >= 11 is 0. The van der Waals surface area contributed by atoms with Crippen LogP contribution in [0.1, 0.15) is 53.5 Å². The molecule has 0 saturated carbocycles. The molecule has 7 rings (SSSR count). The van der Waals surface area contributed by atoms with E-state index in [1.54, 1.807) is 0 Å². The Labute approximate surface area is 249 Å². The van der Waals surface area contributed by atoms with Gasteiger partial charge in [-0.2, -0.15) is 0 Å². The highest BCUT2D eigenvalue weighted by Crippen LogP contribution is 2.65. The lowest BCUT2D eigenvalue weighted by Crippen LogP contribution is -2.33. The number of allylic oxidation sites excluding steroid dienone is 15. The zero-order valence-electron chi connectivity index (χ0n) is 24.1. The maximum atomic E-state index is 7.03. The van der Waals surface area contributed by atoms with Crippen molar-refractivity contribution in [3.63, 3.8) is 0 Å². The normalized spacial score (nSPS) is 23.5. The SMILES string of the molecule is C=C/C(=C\C=C/C)c1ccccc1N(N)c1ccc2c(c1)C1(C3=C(C=CCC=C3)c3ccccc31)C1C=CCC=CC21. The van der Waals surface area contributed by atoms with Crippen LogP contribution in [-0.2, 0) is 5.41 Å². The number of hydrogen-bond acceptors (Lipinski definition) is 2. The standard InChI is InChI=1S/C40H36N2/c1-3-5-16-28(4-2)30-17-13-15-24-39(30)42(41)29-25-26-34-33-19-9-7-11-22-36(33)40(38(34)27-29)35-21-10-6-8-18-31(35)32-20-12-14-23-37(32)40/h3-5,8-27,33,36H,2,6-7,41H2,1H3/b5-3-,28-16+. The van der Waals surface area contributed by atoms with Crippen LogP contribution >= 0.6 is 0 Å². The maximum Gasteiger partial charge on any atom is 0.0653 e. The smallest absolute Gasteiger partial charge is 0.0653 e. The predicted octanol–water partition coefficient (Wildman–Crippen LogP) is 9.64. The highest BCUT2D eigenvalue weighted by molar-refractivity contribution is 5.92. The van der Waals surface area contributed by atoms with Crippen LogP contribution in [0.4, 0.5) is 11.4 Å². The molecule has 4 aliphatic carbocycles. The van der Waals surface area contributed by atoms with Crippen molar-refractivity contribution in [1.82, 2.24) is 0 Å². The molecule has 2 heteroatoms. The summed E-state index contributed by atoms with van der Waals surface area (Å²) in [5.41, 5.74) is 11.9. The molecule has 3 atom stereocenters. The van der Waals surface area contributed by atoms with Gasteiger partial charge in [-0.25, -0.2) is 5.84 Å². The number of fused-ring (bicyclic) bond motifs is 9. The Balaban J connectivity index is 1.47. The van der Waals surface area contributed by atoms with E-state index in [2.05, 4.69) is 122 Å². The molecule has 2 nitrogen and oxygen atoms in total. The molecule has 0 bridgehead atoms. The monoisotopic (exact) mass is 544 g/mol. The second-order valence-electron chi connectivity index (χ2n) is 11.4. The van der Waals surface area contributed by atoms with E-state index in [4.69, 9.17) is 5.84 Å². The second kappa shape index (κ2) is 10.6. The van der Waals surface area contributed by atoms with Gasteiger partial charge in [-0.1, -0.05) is 128 Å². The Morgan fingerprint density at radius 1 is 0.905 bits per heavy atom. The third kappa shape index (κ3) is 3.83. The minimum atomic E-state index is -0.295. The van der Waals surface area contributed by atoms with E-state index >= 15 is 0 Å². The summed E-state index contributed by atoms with van der Waals surface area (Å²) < 4.78 is 0. The van der Waals surface area contributed by atoms with Gasteiger partial charge in [-0.15, -0.1) is 0 Å². The van der Waals surface area contributed by atoms with Crippen molar-refractivity contribution in [3.8, 4) is 0 Å². The zero-order chi connectivity index (χ0) is 28.7. The van der Waals surface area contributed by atoms with Crippen molar-refractivity contribution < 1.29 is 0 Å². The highest BCUT2D eigenvalue weighted by atomic mass is 15.4. The van der Waals surface area contributed by atoms with Crippen molar-refractivity contribution in [2.24, 2.45) is 11.8 Å². The van der Waals surface area contributed by atoms with Crippen LogP contribution in [0.15, 0.2) is 152 Å². The summed E-state index contributed by atoms with van der Waals surface area (Å²) in [6, 6.07) is 24.2. The number of nitrogens with two attached hydrogens (primary N) is 1. The van der Waals surface area contributed by atoms with E-state index in [9.17, 15) is 0 Å². The minimum absolute atomic E-state index is 0.279. The Kier molecular flexibility index (Phi) is 6.64. The summed E-state index contributed by atoms with van der Waals surface area (Å²) in [7, 11) is 0. The average Bonchev–Trinajstić information content (AvgIpc) is 3.22. The lowest BCUT2D eigenvalue weighted by Gasteiger charge is -2.36. The number of rotatable bonds is 5. The molecule has 0 radical (unpaired) electrons. The molecule has 3 aromatic rings. The fourth-order valence-corrected chi connectivity index (χ4v) is 7.58. The lowest BCUT2D eigenvalue weighted by molar-refractivity contribution is 0.467. The molecule has 0 amide bonds. The van der Waals surface area contributed by atoms with Crippen molar-refractivity contribution in [2.75, 3.05) is 5.01 Å². The summed E-state index contributed by atoms with van der Waals surface area (Å²) in [5.74, 6) is 7.60. The Morgan fingerprint density at radius 3 is 2.57 bits per heavy atom. The van der Waals surface area contributed by atoms with Crippen LogP contribution in [-0.4, -0.2) is 0 Å². The van der Waals surface area contributed by atoms with Gasteiger partial charge in [0.05, 0.1) is 16.8 Å². The van der Waals surface area contributed by atoms with Crippen LogP contribution in [0, 0.1) is 5.92 Å².